The molecule has 12 heavy (non-hydrogen) atoms. The lowest BCUT2D eigenvalue weighted by Crippen LogP contribution is -2.35. The molecule has 1 saturated heterocycles. The van der Waals surface area contributed by atoms with E-state index >= 15 is 0 Å². The Labute approximate surface area is 82.4 Å². The average Bonchev–Trinajstić information content (AvgIpc) is 2.34. The van der Waals surface area contributed by atoms with E-state index in [0.29, 0.717) is 23.2 Å². The van der Waals surface area contributed by atoms with Crippen molar-refractivity contribution in [2.45, 2.75) is 44.0 Å². The number of rotatable bonds is 3. The maximum atomic E-state index is 11.4. The Morgan fingerprint density at radius 3 is 2.50 bits per heavy atom. The van der Waals surface area contributed by atoms with E-state index in [0.717, 1.165) is 19.4 Å². The van der Waals surface area contributed by atoms with Crippen molar-refractivity contribution >= 4 is 21.8 Å². The van der Waals surface area contributed by atoms with Crippen LogP contribution in [0.25, 0.3) is 0 Å². The maximum Gasteiger partial charge on any atom is 0.224 e. The lowest BCUT2D eigenvalue weighted by molar-refractivity contribution is -0.129. The van der Waals surface area contributed by atoms with E-state index in [1.165, 1.54) is 0 Å². The molecule has 0 aromatic rings. The van der Waals surface area contributed by atoms with Gasteiger partial charge in [0.2, 0.25) is 5.91 Å². The van der Waals surface area contributed by atoms with Crippen LogP contribution < -0.4 is 0 Å². The fourth-order valence-corrected chi connectivity index (χ4v) is 2.36. The highest BCUT2D eigenvalue weighted by molar-refractivity contribution is 9.09. The number of alkyl halides is 1. The molecule has 0 aromatic heterocycles. The normalized spacial score (nSPS) is 24.2. The zero-order chi connectivity index (χ0) is 9.14. The molecule has 0 spiro atoms. The van der Waals surface area contributed by atoms with Crippen LogP contribution in [0.3, 0.4) is 0 Å². The predicted octanol–water partition coefficient (Wildman–Crippen LogP) is 2.17. The topological polar surface area (TPSA) is 20.3 Å². The number of likely N-dealkylation sites (tertiary alicyclic amines) is 1. The molecular formula is C9H16BrNO. The molecule has 0 bridgehead atoms. The lowest BCUT2D eigenvalue weighted by Gasteiger charge is -2.25. The van der Waals surface area contributed by atoms with Crippen LogP contribution in [-0.4, -0.2) is 28.2 Å². The summed E-state index contributed by atoms with van der Waals surface area (Å²) in [6.07, 6.45) is 2.82. The zero-order valence-corrected chi connectivity index (χ0v) is 9.30. The summed E-state index contributed by atoms with van der Waals surface area (Å²) >= 11 is 3.48. The quantitative estimate of drug-likeness (QED) is 0.685. The summed E-state index contributed by atoms with van der Waals surface area (Å²) < 4.78 is 0. The molecule has 70 valence electrons. The van der Waals surface area contributed by atoms with Crippen LogP contribution in [0.1, 0.15) is 33.1 Å². The third kappa shape index (κ3) is 2.00. The first-order chi connectivity index (χ1) is 5.69. The average molecular weight is 234 g/mol. The van der Waals surface area contributed by atoms with Crippen LogP contribution in [0.4, 0.5) is 0 Å². The maximum absolute atomic E-state index is 11.4. The van der Waals surface area contributed by atoms with Crippen molar-refractivity contribution in [3.05, 3.63) is 0 Å². The molecule has 0 saturated carbocycles. The molecule has 3 heteroatoms. The smallest absolute Gasteiger partial charge is 0.224 e. The van der Waals surface area contributed by atoms with Gasteiger partial charge in [-0.05, 0) is 12.8 Å². The fourth-order valence-electron chi connectivity index (χ4n) is 1.77. The largest absolute Gasteiger partial charge is 0.339 e. The Balaban J connectivity index is 2.56. The van der Waals surface area contributed by atoms with Gasteiger partial charge in [0.1, 0.15) is 0 Å². The molecule has 1 unspecified atom stereocenters. The minimum Gasteiger partial charge on any atom is -0.339 e. The summed E-state index contributed by atoms with van der Waals surface area (Å²) in [6, 6.07) is 0.458. The van der Waals surface area contributed by atoms with Crippen molar-refractivity contribution in [1.82, 2.24) is 4.90 Å². The van der Waals surface area contributed by atoms with E-state index in [1.54, 1.807) is 0 Å². The van der Waals surface area contributed by atoms with Crippen LogP contribution in [0.5, 0.6) is 0 Å². The molecule has 1 amide bonds. The summed E-state index contributed by atoms with van der Waals surface area (Å²) in [5.74, 6) is 0.311. The van der Waals surface area contributed by atoms with Gasteiger partial charge in [-0.1, -0.05) is 29.8 Å². The van der Waals surface area contributed by atoms with E-state index in [4.69, 9.17) is 0 Å². The van der Waals surface area contributed by atoms with Crippen molar-refractivity contribution in [2.24, 2.45) is 0 Å². The van der Waals surface area contributed by atoms with Crippen molar-refractivity contribution in [1.29, 1.82) is 0 Å². The first kappa shape index (κ1) is 10.0. The van der Waals surface area contributed by atoms with Gasteiger partial charge in [-0.15, -0.1) is 0 Å². The Bertz CT molecular complexity index is 168. The molecule has 2 nitrogen and oxygen atoms in total. The summed E-state index contributed by atoms with van der Waals surface area (Å²) in [4.78, 5) is 13.8. The molecule has 1 heterocycles. The number of amides is 1. The molecule has 1 rings (SSSR count). The van der Waals surface area contributed by atoms with E-state index in [9.17, 15) is 4.79 Å². The number of hydrogen-bond acceptors (Lipinski definition) is 1. The van der Waals surface area contributed by atoms with Gasteiger partial charge in [-0.3, -0.25) is 4.79 Å². The molecule has 1 atom stereocenters. The first-order valence-electron chi connectivity index (χ1n) is 4.62. The Kier molecular flexibility index (Phi) is 3.56. The lowest BCUT2D eigenvalue weighted by atomic mass is 10.1. The molecule has 1 aliphatic rings. The number of carbonyl (C=O) groups is 1. The molecule has 0 radical (unpaired) electrons. The molecule has 1 aliphatic heterocycles. The van der Waals surface area contributed by atoms with Gasteiger partial charge in [0.05, 0.1) is 0 Å². The predicted molar refractivity (Wildman–Crippen MR) is 53.4 cm³/mol. The molecule has 1 fully saturated rings. The highest BCUT2D eigenvalue weighted by Gasteiger charge is 2.31. The molecule has 0 aliphatic carbocycles. The van der Waals surface area contributed by atoms with Crippen molar-refractivity contribution < 1.29 is 4.79 Å². The summed E-state index contributed by atoms with van der Waals surface area (Å²) in [6.45, 7) is 5.18. The number of nitrogens with zero attached hydrogens (tertiary/aromatic N) is 1. The fraction of sp³-hybridized carbons (Fsp3) is 0.889. The van der Waals surface area contributed by atoms with Crippen LogP contribution in [0.2, 0.25) is 0 Å². The Hall–Kier alpha value is -0.0500. The van der Waals surface area contributed by atoms with E-state index < -0.39 is 0 Å². The van der Waals surface area contributed by atoms with E-state index in [2.05, 4.69) is 29.8 Å². The van der Waals surface area contributed by atoms with E-state index in [-0.39, 0.29) is 0 Å². The van der Waals surface area contributed by atoms with Gasteiger partial charge >= 0.3 is 0 Å². The summed E-state index contributed by atoms with van der Waals surface area (Å²) in [5.41, 5.74) is 0. The highest BCUT2D eigenvalue weighted by Crippen LogP contribution is 2.22. The number of carbonyl (C=O) groups excluding carboxylic acids is 1. The Morgan fingerprint density at radius 1 is 1.58 bits per heavy atom. The minimum atomic E-state index is 0.311. The standard InChI is InChI=1S/C9H16BrNO/c1-3-8(4-2)11-6-7(10)5-9(11)12/h7-8H,3-6H2,1-2H3. The van der Waals surface area contributed by atoms with Crippen LogP contribution in [-0.2, 0) is 4.79 Å². The van der Waals surface area contributed by atoms with Gasteiger partial charge < -0.3 is 4.90 Å². The monoisotopic (exact) mass is 233 g/mol. The number of hydrogen-bond donors (Lipinski definition) is 0. The first-order valence-corrected chi connectivity index (χ1v) is 5.54. The van der Waals surface area contributed by atoms with Crippen LogP contribution in [0.15, 0.2) is 0 Å². The zero-order valence-electron chi connectivity index (χ0n) is 7.72. The summed E-state index contributed by atoms with van der Waals surface area (Å²) in [5, 5.41) is 0. The molecular weight excluding hydrogens is 218 g/mol. The van der Waals surface area contributed by atoms with Crippen LogP contribution in [0, 0.1) is 0 Å². The van der Waals surface area contributed by atoms with Crippen LogP contribution >= 0.6 is 15.9 Å². The van der Waals surface area contributed by atoms with Crippen molar-refractivity contribution in [3.8, 4) is 0 Å². The van der Waals surface area contributed by atoms with E-state index in [1.807, 2.05) is 4.90 Å². The SMILES string of the molecule is CCC(CC)N1CC(Br)CC1=O. The molecule has 0 N–H and O–H groups in total. The second-order valence-corrected chi connectivity index (χ2v) is 4.61. The van der Waals surface area contributed by atoms with Gasteiger partial charge in [-0.2, -0.15) is 0 Å². The van der Waals surface area contributed by atoms with Gasteiger partial charge in [0.15, 0.2) is 0 Å². The van der Waals surface area contributed by atoms with Crippen molar-refractivity contribution in [3.63, 3.8) is 0 Å². The minimum absolute atomic E-state index is 0.311. The highest BCUT2D eigenvalue weighted by atomic mass is 79.9. The third-order valence-corrected chi connectivity index (χ3v) is 3.11. The van der Waals surface area contributed by atoms with Gasteiger partial charge in [0, 0.05) is 23.8 Å². The summed E-state index contributed by atoms with van der Waals surface area (Å²) in [7, 11) is 0. The second kappa shape index (κ2) is 4.26. The van der Waals surface area contributed by atoms with Crippen molar-refractivity contribution in [2.75, 3.05) is 6.54 Å². The Morgan fingerprint density at radius 2 is 2.17 bits per heavy atom. The molecule has 0 aromatic carbocycles. The second-order valence-electron chi connectivity index (χ2n) is 3.32. The van der Waals surface area contributed by atoms with Gasteiger partial charge in [0.25, 0.3) is 0 Å². The third-order valence-electron chi connectivity index (χ3n) is 2.49. The van der Waals surface area contributed by atoms with Gasteiger partial charge in [-0.25, -0.2) is 0 Å². The number of halogens is 1.